The second-order valence-corrected chi connectivity index (χ2v) is 11.5. The van der Waals surface area contributed by atoms with Crippen LogP contribution in [0.5, 0.6) is 0 Å². The van der Waals surface area contributed by atoms with Gasteiger partial charge in [-0.3, -0.25) is 0 Å². The minimum atomic E-state index is -1.53. The summed E-state index contributed by atoms with van der Waals surface area (Å²) in [6, 6.07) is 20.3. The Morgan fingerprint density at radius 2 is 1.49 bits per heavy atom. The van der Waals surface area contributed by atoms with Gasteiger partial charge in [-0.15, -0.1) is 0 Å². The molecule has 5 heteroatoms. The lowest BCUT2D eigenvalue weighted by molar-refractivity contribution is -0.933. The van der Waals surface area contributed by atoms with Crippen molar-refractivity contribution < 1.29 is 43.1 Å². The van der Waals surface area contributed by atoms with Gasteiger partial charge in [0.15, 0.2) is 5.60 Å². The molecule has 1 aliphatic heterocycles. The van der Waals surface area contributed by atoms with E-state index < -0.39 is 11.6 Å². The largest absolute Gasteiger partial charge is 1.00 e. The summed E-state index contributed by atoms with van der Waals surface area (Å²) in [7, 11) is 2.39. The topological polar surface area (TPSA) is 46.5 Å². The molecule has 190 valence electrons. The molecule has 2 bridgehead atoms. The minimum absolute atomic E-state index is 0. The number of benzene rings is 2. The average Bonchev–Trinajstić information content (AvgIpc) is 3.13. The van der Waals surface area contributed by atoms with Gasteiger partial charge in [0, 0.05) is 29.2 Å². The zero-order valence-electron chi connectivity index (χ0n) is 20.9. The standard InChI is InChI=1S/C30H40NO3.HI/c1-31(19-23-11-5-2-6-12-23)20-24-17-18-25(21-31)28(24)22-34-29(32)30(33,26-13-7-3-8-14-26)27-15-9-4-10-16-27;/h2-3,5-8,11-14,24-25,27-28,33H,4,9-10,15-22H2,1H3;1H/q+1;/p-1. The lowest BCUT2D eigenvalue weighted by Crippen LogP contribution is -3.00. The number of piperidine rings is 1. The number of carbonyl (C=O) groups excluding carboxylic acids is 1. The zero-order valence-corrected chi connectivity index (χ0v) is 23.1. The van der Waals surface area contributed by atoms with E-state index in [9.17, 15) is 9.90 Å². The Hall–Kier alpha value is -1.44. The number of carbonyl (C=O) groups is 1. The van der Waals surface area contributed by atoms with E-state index in [2.05, 4.69) is 37.4 Å². The molecular formula is C30H40INO3. The van der Waals surface area contributed by atoms with Crippen LogP contribution in [0.25, 0.3) is 0 Å². The molecule has 1 heterocycles. The molecule has 0 radical (unpaired) electrons. The molecule has 2 aromatic carbocycles. The number of esters is 1. The predicted molar refractivity (Wildman–Crippen MR) is 134 cm³/mol. The monoisotopic (exact) mass is 589 g/mol. The average molecular weight is 590 g/mol. The molecule has 1 N–H and O–H groups in total. The Bertz CT molecular complexity index is 948. The van der Waals surface area contributed by atoms with Crippen molar-refractivity contribution in [3.05, 3.63) is 71.8 Å². The maximum Gasteiger partial charge on any atom is 0.343 e. The number of nitrogens with zero attached hydrogens (tertiary/aromatic N) is 1. The summed E-state index contributed by atoms with van der Waals surface area (Å²) in [5, 5.41) is 11.8. The Morgan fingerprint density at radius 3 is 2.09 bits per heavy atom. The third-order valence-corrected chi connectivity index (χ3v) is 9.00. The molecule has 0 spiro atoms. The van der Waals surface area contributed by atoms with Crippen molar-refractivity contribution in [1.82, 2.24) is 0 Å². The second-order valence-electron chi connectivity index (χ2n) is 11.5. The normalized spacial score (nSPS) is 30.2. The highest BCUT2D eigenvalue weighted by Gasteiger charge is 2.51. The first-order valence-electron chi connectivity index (χ1n) is 13.3. The minimum Gasteiger partial charge on any atom is -1.00 e. The third kappa shape index (κ3) is 5.62. The Labute approximate surface area is 227 Å². The van der Waals surface area contributed by atoms with Gasteiger partial charge in [-0.25, -0.2) is 4.79 Å². The van der Waals surface area contributed by atoms with E-state index in [1.165, 1.54) is 24.8 Å². The van der Waals surface area contributed by atoms with Crippen LogP contribution in [0, 0.1) is 23.7 Å². The summed E-state index contributed by atoms with van der Waals surface area (Å²) in [5.74, 6) is 1.08. The Morgan fingerprint density at radius 1 is 0.914 bits per heavy atom. The van der Waals surface area contributed by atoms with Gasteiger partial charge in [0.1, 0.15) is 6.54 Å². The number of halogens is 1. The van der Waals surface area contributed by atoms with Crippen molar-refractivity contribution in [2.24, 2.45) is 23.7 Å². The Balaban J connectivity index is 0.00000289. The first kappa shape index (κ1) is 26.6. The van der Waals surface area contributed by atoms with E-state index in [-0.39, 0.29) is 29.9 Å². The maximum atomic E-state index is 13.5. The molecule has 0 amide bonds. The second kappa shape index (κ2) is 11.3. The highest BCUT2D eigenvalue weighted by Crippen LogP contribution is 2.46. The van der Waals surface area contributed by atoms with Gasteiger partial charge >= 0.3 is 5.97 Å². The molecule has 3 fully saturated rings. The number of rotatable bonds is 7. The van der Waals surface area contributed by atoms with Crippen LogP contribution in [-0.2, 0) is 21.7 Å². The fraction of sp³-hybridized carbons (Fsp3) is 0.567. The molecule has 5 rings (SSSR count). The fourth-order valence-corrected chi connectivity index (χ4v) is 7.34. The first-order valence-corrected chi connectivity index (χ1v) is 13.3. The summed E-state index contributed by atoms with van der Waals surface area (Å²) in [6.07, 6.45) is 7.52. The number of aliphatic hydroxyl groups is 1. The zero-order chi connectivity index (χ0) is 23.6. The molecule has 35 heavy (non-hydrogen) atoms. The van der Waals surface area contributed by atoms with Crippen LogP contribution >= 0.6 is 0 Å². The van der Waals surface area contributed by atoms with Crippen molar-refractivity contribution in [3.8, 4) is 0 Å². The summed E-state index contributed by atoms with van der Waals surface area (Å²) in [4.78, 5) is 13.5. The van der Waals surface area contributed by atoms with Crippen molar-refractivity contribution in [3.63, 3.8) is 0 Å². The molecule has 2 saturated carbocycles. The highest BCUT2D eigenvalue weighted by atomic mass is 127. The molecule has 3 aliphatic rings. The summed E-state index contributed by atoms with van der Waals surface area (Å²) < 4.78 is 7.09. The van der Waals surface area contributed by atoms with Gasteiger partial charge < -0.3 is 38.3 Å². The molecular weight excluding hydrogens is 549 g/mol. The van der Waals surface area contributed by atoms with Gasteiger partial charge in [-0.1, -0.05) is 79.9 Å². The summed E-state index contributed by atoms with van der Waals surface area (Å²) in [6.45, 7) is 3.79. The van der Waals surface area contributed by atoms with Crippen LogP contribution in [0.1, 0.15) is 56.1 Å². The smallest absolute Gasteiger partial charge is 0.343 e. The number of hydrogen-bond donors (Lipinski definition) is 1. The van der Waals surface area contributed by atoms with Crippen molar-refractivity contribution in [1.29, 1.82) is 0 Å². The van der Waals surface area contributed by atoms with Gasteiger partial charge in [0.2, 0.25) is 0 Å². The highest BCUT2D eigenvalue weighted by molar-refractivity contribution is 5.81. The van der Waals surface area contributed by atoms with Gasteiger partial charge in [0.05, 0.1) is 26.7 Å². The maximum absolute atomic E-state index is 13.5. The molecule has 4 nitrogen and oxygen atoms in total. The SMILES string of the molecule is C[N+]1(Cc2ccccc2)CC2CCC(C1)C2COC(=O)C(O)(c1ccccc1)C1CCCCC1.[I-]. The molecule has 2 aliphatic carbocycles. The number of ether oxygens (including phenoxy) is 1. The van der Waals surface area contributed by atoms with Gasteiger partial charge in [-0.05, 0) is 31.2 Å². The van der Waals surface area contributed by atoms with E-state index in [0.717, 1.165) is 49.8 Å². The quantitative estimate of drug-likeness (QED) is 0.307. The van der Waals surface area contributed by atoms with Crippen LogP contribution < -0.4 is 24.0 Å². The number of quaternary nitrogens is 1. The van der Waals surface area contributed by atoms with Crippen LogP contribution in [0.4, 0.5) is 0 Å². The van der Waals surface area contributed by atoms with Gasteiger partial charge in [-0.2, -0.15) is 0 Å². The van der Waals surface area contributed by atoms with Crippen LogP contribution in [-0.4, -0.2) is 42.3 Å². The van der Waals surface area contributed by atoms with E-state index in [0.29, 0.717) is 29.9 Å². The first-order chi connectivity index (χ1) is 16.5. The lowest BCUT2D eigenvalue weighted by atomic mass is 9.73. The van der Waals surface area contributed by atoms with Gasteiger partial charge in [0.25, 0.3) is 0 Å². The summed E-state index contributed by atoms with van der Waals surface area (Å²) >= 11 is 0. The molecule has 3 unspecified atom stereocenters. The lowest BCUT2D eigenvalue weighted by Gasteiger charge is -2.45. The van der Waals surface area contributed by atoms with E-state index in [1.54, 1.807) is 0 Å². The number of fused-ring (bicyclic) bond motifs is 2. The third-order valence-electron chi connectivity index (χ3n) is 9.00. The molecule has 3 atom stereocenters. The summed E-state index contributed by atoms with van der Waals surface area (Å²) in [5.41, 5.74) is 0.549. The van der Waals surface area contributed by atoms with Crippen molar-refractivity contribution in [2.75, 3.05) is 26.7 Å². The number of hydrogen-bond acceptors (Lipinski definition) is 3. The van der Waals surface area contributed by atoms with Crippen molar-refractivity contribution in [2.45, 2.75) is 57.1 Å². The number of likely N-dealkylation sites (tertiary alicyclic amines) is 1. The predicted octanol–water partition coefficient (Wildman–Crippen LogP) is 2.30. The molecule has 1 saturated heterocycles. The Kier molecular flexibility index (Phi) is 8.60. The van der Waals surface area contributed by atoms with E-state index in [4.69, 9.17) is 4.74 Å². The van der Waals surface area contributed by atoms with Crippen molar-refractivity contribution >= 4 is 5.97 Å². The van der Waals surface area contributed by atoms with Crippen LogP contribution in [0.15, 0.2) is 60.7 Å². The molecule has 2 aromatic rings. The molecule has 0 aromatic heterocycles. The van der Waals surface area contributed by atoms with E-state index in [1.807, 2.05) is 30.3 Å². The van der Waals surface area contributed by atoms with Crippen LogP contribution in [0.3, 0.4) is 0 Å². The van der Waals surface area contributed by atoms with E-state index >= 15 is 0 Å². The fourth-order valence-electron chi connectivity index (χ4n) is 7.34. The van der Waals surface area contributed by atoms with Crippen LogP contribution in [0.2, 0.25) is 0 Å².